The lowest BCUT2D eigenvalue weighted by atomic mass is 9.54. The van der Waals surface area contributed by atoms with Gasteiger partial charge in [0.1, 0.15) is 11.5 Å². The minimum atomic E-state index is -3.70. The number of Topliss-reactive ketones (excluding diaryl/α,β-unsaturated/α-hetero) is 1. The number of sulfonamides is 1. The number of carbonyl (C=O) groups is 1. The van der Waals surface area contributed by atoms with Gasteiger partial charge >= 0.3 is 0 Å². The third-order valence-corrected chi connectivity index (χ3v) is 10.6. The molecule has 0 spiro atoms. The highest BCUT2D eigenvalue weighted by Gasteiger charge is 2.58. The van der Waals surface area contributed by atoms with Gasteiger partial charge < -0.3 is 5.11 Å². The van der Waals surface area contributed by atoms with E-state index in [0.29, 0.717) is 35.6 Å². The Kier molecular flexibility index (Phi) is 5.62. The van der Waals surface area contributed by atoms with E-state index >= 15 is 0 Å². The second-order valence-corrected chi connectivity index (χ2v) is 12.8. The maximum atomic E-state index is 13.2. The molecule has 0 heterocycles. The fourth-order valence-corrected chi connectivity index (χ4v) is 8.55. The molecule has 5 nitrogen and oxygen atoms in total. The number of halogens is 1. The summed E-state index contributed by atoms with van der Waals surface area (Å²) in [4.78, 5) is 13.4. The van der Waals surface area contributed by atoms with E-state index in [2.05, 4.69) is 6.92 Å². The number of ketones is 1. The number of rotatable bonds is 4. The monoisotopic (exact) mass is 487 g/mol. The lowest BCUT2D eigenvalue weighted by molar-refractivity contribution is -0.129. The fourth-order valence-electron chi connectivity index (χ4n) is 7.03. The standard InChI is InChI=1S/C26H30ClNO4S/c1-26-11-10-22-21-9-7-19(29)12-16(21)6-8-23(22)25(26)17(13-24(26)30)15-28(2)33(31,32)20-5-3-4-18(27)14-20/h3-5,7,9,12,14,17,22-23,25,29H,6,8,10-11,13,15H2,1-2H3/t17-,22-,23-,25+,26-/m1/s1. The van der Waals surface area contributed by atoms with Crippen molar-refractivity contribution in [3.63, 3.8) is 0 Å². The van der Waals surface area contributed by atoms with Crippen molar-refractivity contribution >= 4 is 27.4 Å². The smallest absolute Gasteiger partial charge is 0.242 e. The Bertz CT molecular complexity index is 1210. The highest BCUT2D eigenvalue weighted by Crippen LogP contribution is 2.61. The Morgan fingerprint density at radius 1 is 1.18 bits per heavy atom. The number of phenols is 1. The predicted octanol–water partition coefficient (Wildman–Crippen LogP) is 5.02. The summed E-state index contributed by atoms with van der Waals surface area (Å²) >= 11 is 6.04. The summed E-state index contributed by atoms with van der Waals surface area (Å²) in [5.74, 6) is 1.43. The lowest BCUT2D eigenvalue weighted by Gasteiger charge is -2.50. The van der Waals surface area contributed by atoms with Crippen LogP contribution in [0.25, 0.3) is 0 Å². The van der Waals surface area contributed by atoms with Gasteiger partial charge in [-0.3, -0.25) is 4.79 Å². The van der Waals surface area contributed by atoms with E-state index in [9.17, 15) is 18.3 Å². The first kappa shape index (κ1) is 22.9. The molecule has 0 unspecified atom stereocenters. The number of nitrogens with zero attached hydrogens (tertiary/aromatic N) is 1. The molecule has 5 rings (SSSR count). The number of phenolic OH excluding ortho intramolecular Hbond substituents is 1. The Hall–Kier alpha value is -1.89. The Balaban J connectivity index is 1.45. The van der Waals surface area contributed by atoms with Crippen molar-refractivity contribution in [2.75, 3.05) is 13.6 Å². The van der Waals surface area contributed by atoms with Crippen molar-refractivity contribution < 1.29 is 18.3 Å². The van der Waals surface area contributed by atoms with Gasteiger partial charge in [-0.1, -0.05) is 30.7 Å². The highest BCUT2D eigenvalue weighted by atomic mass is 35.5. The molecule has 2 fully saturated rings. The number of hydrogen-bond acceptors (Lipinski definition) is 4. The number of aryl methyl sites for hydroxylation is 1. The van der Waals surface area contributed by atoms with Crippen LogP contribution in [-0.4, -0.2) is 37.2 Å². The topological polar surface area (TPSA) is 74.7 Å². The van der Waals surface area contributed by atoms with Crippen LogP contribution >= 0.6 is 11.6 Å². The molecule has 176 valence electrons. The molecule has 0 aliphatic heterocycles. The first-order chi connectivity index (χ1) is 15.6. The average molecular weight is 488 g/mol. The molecule has 0 saturated heterocycles. The van der Waals surface area contributed by atoms with Gasteiger partial charge in [-0.2, -0.15) is 0 Å². The third kappa shape index (κ3) is 3.71. The van der Waals surface area contributed by atoms with E-state index in [4.69, 9.17) is 11.6 Å². The summed E-state index contributed by atoms with van der Waals surface area (Å²) in [7, 11) is -2.09. The maximum Gasteiger partial charge on any atom is 0.242 e. The van der Waals surface area contributed by atoms with Gasteiger partial charge in [-0.25, -0.2) is 12.7 Å². The number of aromatic hydroxyl groups is 1. The van der Waals surface area contributed by atoms with E-state index in [0.717, 1.165) is 25.7 Å². The number of fused-ring (bicyclic) bond motifs is 5. The zero-order valence-electron chi connectivity index (χ0n) is 19.0. The molecule has 0 amide bonds. The van der Waals surface area contributed by atoms with Gasteiger partial charge in [-0.15, -0.1) is 0 Å². The maximum absolute atomic E-state index is 13.2. The van der Waals surface area contributed by atoms with Gasteiger partial charge in [0.15, 0.2) is 0 Å². The molecular weight excluding hydrogens is 458 g/mol. The summed E-state index contributed by atoms with van der Waals surface area (Å²) in [6.07, 6.45) is 4.08. The van der Waals surface area contributed by atoms with Gasteiger partial charge in [0, 0.05) is 30.5 Å². The van der Waals surface area contributed by atoms with Crippen LogP contribution in [0.15, 0.2) is 47.4 Å². The number of hydrogen-bond donors (Lipinski definition) is 1. The van der Waals surface area contributed by atoms with Crippen molar-refractivity contribution in [1.82, 2.24) is 4.31 Å². The van der Waals surface area contributed by atoms with Crippen LogP contribution in [0.4, 0.5) is 0 Å². The normalized spacial score (nSPS) is 31.2. The predicted molar refractivity (Wildman–Crippen MR) is 128 cm³/mol. The molecule has 7 heteroatoms. The minimum absolute atomic E-state index is 0.00655. The summed E-state index contributed by atoms with van der Waals surface area (Å²) in [6, 6.07) is 12.0. The van der Waals surface area contributed by atoms with Crippen LogP contribution in [-0.2, 0) is 21.2 Å². The number of benzene rings is 2. The van der Waals surface area contributed by atoms with Gasteiger partial charge in [0.2, 0.25) is 10.0 Å². The van der Waals surface area contributed by atoms with Crippen molar-refractivity contribution in [2.45, 2.75) is 49.8 Å². The minimum Gasteiger partial charge on any atom is -0.508 e. The van der Waals surface area contributed by atoms with Crippen LogP contribution in [0.2, 0.25) is 5.02 Å². The van der Waals surface area contributed by atoms with Crippen LogP contribution in [0.1, 0.15) is 49.7 Å². The summed E-state index contributed by atoms with van der Waals surface area (Å²) in [5.41, 5.74) is 2.12. The molecule has 2 aromatic carbocycles. The van der Waals surface area contributed by atoms with Crippen molar-refractivity contribution in [2.24, 2.45) is 23.2 Å². The summed E-state index contributed by atoms with van der Waals surface area (Å²) in [6.45, 7) is 2.43. The van der Waals surface area contributed by atoms with Gasteiger partial charge in [0.05, 0.1) is 4.90 Å². The fraction of sp³-hybridized carbons (Fsp3) is 0.500. The van der Waals surface area contributed by atoms with Crippen LogP contribution in [0.3, 0.4) is 0 Å². The SMILES string of the molecule is CN(C[C@H]1CC(=O)[C@@]2(C)CC[C@@H]3c4ccc(O)cc4CC[C@H]3[C@H]12)S(=O)(=O)c1cccc(Cl)c1. The molecular formula is C26H30ClNO4S. The lowest BCUT2D eigenvalue weighted by Crippen LogP contribution is -2.46. The van der Waals surface area contributed by atoms with Crippen molar-refractivity contribution in [3.8, 4) is 5.75 Å². The van der Waals surface area contributed by atoms with Crippen LogP contribution < -0.4 is 0 Å². The van der Waals surface area contributed by atoms with Crippen molar-refractivity contribution in [1.29, 1.82) is 0 Å². The van der Waals surface area contributed by atoms with Crippen molar-refractivity contribution in [3.05, 3.63) is 58.6 Å². The largest absolute Gasteiger partial charge is 0.508 e. The van der Waals surface area contributed by atoms with E-state index in [1.165, 1.54) is 21.5 Å². The summed E-state index contributed by atoms with van der Waals surface area (Å²) < 4.78 is 27.9. The molecule has 2 saturated carbocycles. The molecule has 2 aromatic rings. The second-order valence-electron chi connectivity index (χ2n) is 10.3. The highest BCUT2D eigenvalue weighted by molar-refractivity contribution is 7.89. The third-order valence-electron chi connectivity index (χ3n) is 8.55. The summed E-state index contributed by atoms with van der Waals surface area (Å²) in [5, 5.41) is 10.3. The molecule has 0 aromatic heterocycles. The van der Waals surface area contributed by atoms with Crippen LogP contribution in [0, 0.1) is 23.2 Å². The molecule has 1 N–H and O–H groups in total. The van der Waals surface area contributed by atoms with Gasteiger partial charge in [0.25, 0.3) is 0 Å². The van der Waals surface area contributed by atoms with E-state index < -0.39 is 10.0 Å². The average Bonchev–Trinajstić information content (AvgIpc) is 3.03. The Morgan fingerprint density at radius 3 is 2.73 bits per heavy atom. The van der Waals surface area contributed by atoms with E-state index in [-0.39, 0.29) is 27.9 Å². The molecule has 3 aliphatic carbocycles. The quantitative estimate of drug-likeness (QED) is 0.657. The molecule has 0 bridgehead atoms. The Morgan fingerprint density at radius 2 is 1.97 bits per heavy atom. The first-order valence-electron chi connectivity index (χ1n) is 11.7. The van der Waals surface area contributed by atoms with Gasteiger partial charge in [-0.05, 0) is 90.8 Å². The van der Waals surface area contributed by atoms with Crippen LogP contribution in [0.5, 0.6) is 5.75 Å². The Labute approximate surface area is 200 Å². The molecule has 3 aliphatic rings. The molecule has 0 radical (unpaired) electrons. The van der Waals surface area contributed by atoms with E-state index in [1.807, 2.05) is 12.1 Å². The molecule has 33 heavy (non-hydrogen) atoms. The van der Waals surface area contributed by atoms with E-state index in [1.54, 1.807) is 31.3 Å². The zero-order chi connectivity index (χ0) is 23.5. The second kappa shape index (κ2) is 8.10. The molecule has 5 atom stereocenters. The first-order valence-corrected chi connectivity index (χ1v) is 13.5. The zero-order valence-corrected chi connectivity index (χ0v) is 20.6. The number of carbonyl (C=O) groups excluding carboxylic acids is 1.